The van der Waals surface area contributed by atoms with E-state index in [1.54, 1.807) is 0 Å². The minimum absolute atomic E-state index is 0.0331. The average Bonchev–Trinajstić information content (AvgIpc) is 2.74. The number of hydrogen-bond acceptors (Lipinski definition) is 5. The largest absolute Gasteiger partial charge is 0.496 e. The lowest BCUT2D eigenvalue weighted by molar-refractivity contribution is -0.122. The summed E-state index contributed by atoms with van der Waals surface area (Å²) >= 11 is 0. The molecule has 4 amide bonds. The molecule has 1 unspecified atom stereocenters. The molecular weight excluding hydrogens is 425 g/mol. The summed E-state index contributed by atoms with van der Waals surface area (Å²) in [6, 6.07) is 7.96. The number of barbiturate groups is 1. The van der Waals surface area contributed by atoms with E-state index in [1.165, 1.54) is 31.4 Å². The molecule has 7 nitrogen and oxygen atoms in total. The van der Waals surface area contributed by atoms with Crippen LogP contribution in [0, 0.1) is 5.82 Å². The first kappa shape index (κ1) is 22.5. The van der Waals surface area contributed by atoms with E-state index in [1.807, 2.05) is 19.2 Å². The van der Waals surface area contributed by atoms with E-state index in [9.17, 15) is 18.8 Å². The summed E-state index contributed by atoms with van der Waals surface area (Å²) in [7, 11) is 3.55. The highest BCUT2D eigenvalue weighted by Gasteiger charge is 2.38. The van der Waals surface area contributed by atoms with Gasteiger partial charge in [-0.2, -0.15) is 0 Å². The van der Waals surface area contributed by atoms with Crippen molar-refractivity contribution < 1.29 is 23.5 Å². The predicted octanol–water partition coefficient (Wildman–Crippen LogP) is 4.22. The molecule has 0 aliphatic carbocycles. The minimum atomic E-state index is -0.928. The van der Waals surface area contributed by atoms with Crippen LogP contribution in [0.4, 0.5) is 20.6 Å². The van der Waals surface area contributed by atoms with Crippen molar-refractivity contribution in [2.75, 3.05) is 24.0 Å². The first-order chi connectivity index (χ1) is 15.5. The number of carbonyl (C=O) groups is 3. The number of nitrogens with zero attached hydrogens (tertiary/aromatic N) is 2. The lowest BCUT2D eigenvalue weighted by Gasteiger charge is -2.45. The molecular formula is C25H26FN3O4. The topological polar surface area (TPSA) is 79.0 Å². The maximum atomic E-state index is 13.7. The van der Waals surface area contributed by atoms with Crippen LogP contribution in [0.2, 0.25) is 0 Å². The molecule has 2 aromatic carbocycles. The van der Waals surface area contributed by atoms with Crippen LogP contribution in [-0.2, 0) is 9.59 Å². The van der Waals surface area contributed by atoms with Crippen molar-refractivity contribution in [1.29, 1.82) is 0 Å². The van der Waals surface area contributed by atoms with E-state index < -0.39 is 23.7 Å². The zero-order valence-electron chi connectivity index (χ0n) is 19.2. The molecule has 0 radical (unpaired) electrons. The molecule has 2 aliphatic heterocycles. The molecule has 0 aromatic heterocycles. The van der Waals surface area contributed by atoms with E-state index in [4.69, 9.17) is 4.74 Å². The summed E-state index contributed by atoms with van der Waals surface area (Å²) in [6.45, 7) is 6.50. The van der Waals surface area contributed by atoms with Crippen molar-refractivity contribution in [3.63, 3.8) is 0 Å². The Morgan fingerprint density at radius 3 is 2.58 bits per heavy atom. The number of hydrogen-bond donors (Lipinski definition) is 1. The molecule has 0 spiro atoms. The van der Waals surface area contributed by atoms with E-state index >= 15 is 0 Å². The Morgan fingerprint density at radius 1 is 1.18 bits per heavy atom. The van der Waals surface area contributed by atoms with Crippen LogP contribution < -0.4 is 19.9 Å². The monoisotopic (exact) mass is 451 g/mol. The molecule has 1 N–H and O–H groups in total. The van der Waals surface area contributed by atoms with Gasteiger partial charge in [-0.1, -0.05) is 13.0 Å². The van der Waals surface area contributed by atoms with Crippen molar-refractivity contribution >= 4 is 35.3 Å². The molecule has 0 bridgehead atoms. The number of rotatable bonds is 3. The van der Waals surface area contributed by atoms with Crippen molar-refractivity contribution in [1.82, 2.24) is 5.32 Å². The fourth-order valence-corrected chi connectivity index (χ4v) is 4.56. The number of amides is 4. The molecule has 8 heteroatoms. The highest BCUT2D eigenvalue weighted by atomic mass is 19.1. The number of benzene rings is 2. The lowest BCUT2D eigenvalue weighted by atomic mass is 9.79. The molecule has 4 rings (SSSR count). The van der Waals surface area contributed by atoms with Crippen LogP contribution in [0.3, 0.4) is 0 Å². The van der Waals surface area contributed by atoms with Crippen molar-refractivity contribution in [3.05, 3.63) is 58.9 Å². The number of fused-ring (bicyclic) bond motifs is 1. The van der Waals surface area contributed by atoms with Gasteiger partial charge in [-0.25, -0.2) is 14.1 Å². The minimum Gasteiger partial charge on any atom is -0.496 e. The van der Waals surface area contributed by atoms with Crippen molar-refractivity contribution in [3.8, 4) is 5.75 Å². The Labute approximate surface area is 191 Å². The molecule has 2 aliphatic rings. The Hall–Kier alpha value is -3.68. The molecule has 1 atom stereocenters. The highest BCUT2D eigenvalue weighted by molar-refractivity contribution is 6.39. The summed E-state index contributed by atoms with van der Waals surface area (Å²) < 4.78 is 19.3. The molecule has 1 saturated heterocycles. The summed E-state index contributed by atoms with van der Waals surface area (Å²) in [5.74, 6) is -1.51. The average molecular weight is 451 g/mol. The third kappa shape index (κ3) is 3.86. The molecule has 2 aromatic rings. The van der Waals surface area contributed by atoms with Gasteiger partial charge in [-0.3, -0.25) is 14.9 Å². The van der Waals surface area contributed by atoms with Crippen LogP contribution in [0.1, 0.15) is 44.2 Å². The van der Waals surface area contributed by atoms with Gasteiger partial charge >= 0.3 is 6.03 Å². The summed E-state index contributed by atoms with van der Waals surface area (Å²) in [5.41, 5.74) is 2.39. The Balaban J connectivity index is 1.81. The van der Waals surface area contributed by atoms with Gasteiger partial charge in [0.2, 0.25) is 0 Å². The Morgan fingerprint density at radius 2 is 1.91 bits per heavy atom. The fourth-order valence-electron chi connectivity index (χ4n) is 4.56. The predicted molar refractivity (Wildman–Crippen MR) is 124 cm³/mol. The zero-order valence-corrected chi connectivity index (χ0v) is 19.2. The van der Waals surface area contributed by atoms with Crippen LogP contribution in [0.5, 0.6) is 5.75 Å². The number of methoxy groups -OCH3 is 1. The first-order valence-electron chi connectivity index (χ1n) is 10.7. The number of halogens is 1. The number of ether oxygens (including phenoxy) is 1. The molecule has 1 fully saturated rings. The quantitative estimate of drug-likeness (QED) is 0.558. The third-order valence-electron chi connectivity index (χ3n) is 6.45. The van der Waals surface area contributed by atoms with Gasteiger partial charge in [-0.15, -0.1) is 0 Å². The van der Waals surface area contributed by atoms with Gasteiger partial charge in [-0.05, 0) is 62.1 Å². The van der Waals surface area contributed by atoms with Gasteiger partial charge in [0.1, 0.15) is 17.1 Å². The van der Waals surface area contributed by atoms with Gasteiger partial charge in [0.05, 0.1) is 12.8 Å². The second-order valence-electron chi connectivity index (χ2n) is 9.07. The standard InChI is InChI=1S/C25H26FN3O4/c1-14-13-25(2,3)28(4)20-12-21(33-5)15(9-18(14)20)10-19-22(30)27-24(32)29(23(19)31)17-8-6-7-16(26)11-17/h6-12,14H,13H2,1-5H3,(H,27,30,32)/b19-10-. The molecule has 0 saturated carbocycles. The SMILES string of the molecule is COc1cc2c(cc1/C=C1/C(=O)NC(=O)N(c3cccc(F)c3)C1=O)C(C)CC(C)(C)N2C. The summed E-state index contributed by atoms with van der Waals surface area (Å²) in [6.07, 6.45) is 2.35. The van der Waals surface area contributed by atoms with E-state index in [2.05, 4.69) is 31.0 Å². The van der Waals surface area contributed by atoms with Crippen LogP contribution in [-0.4, -0.2) is 37.5 Å². The normalized spacial score (nSPS) is 21.2. The fraction of sp³-hybridized carbons (Fsp3) is 0.320. The number of carbonyl (C=O) groups excluding carboxylic acids is 3. The molecule has 2 heterocycles. The number of urea groups is 1. The van der Waals surface area contributed by atoms with Crippen LogP contribution >= 0.6 is 0 Å². The number of imide groups is 2. The van der Waals surface area contributed by atoms with Gasteiger partial charge in [0.15, 0.2) is 0 Å². The maximum absolute atomic E-state index is 13.7. The van der Waals surface area contributed by atoms with E-state index in [0.717, 1.165) is 28.6 Å². The van der Waals surface area contributed by atoms with Gasteiger partial charge < -0.3 is 9.64 Å². The molecule has 33 heavy (non-hydrogen) atoms. The zero-order chi connectivity index (χ0) is 24.1. The molecule has 172 valence electrons. The van der Waals surface area contributed by atoms with E-state index in [0.29, 0.717) is 11.3 Å². The Kier molecular flexibility index (Phi) is 5.47. The highest BCUT2D eigenvalue weighted by Crippen LogP contribution is 2.45. The third-order valence-corrected chi connectivity index (χ3v) is 6.45. The first-order valence-corrected chi connectivity index (χ1v) is 10.7. The second-order valence-corrected chi connectivity index (χ2v) is 9.07. The smallest absolute Gasteiger partial charge is 0.335 e. The second kappa shape index (κ2) is 8.03. The van der Waals surface area contributed by atoms with Crippen LogP contribution in [0.25, 0.3) is 6.08 Å². The summed E-state index contributed by atoms with van der Waals surface area (Å²) in [5, 5.41) is 2.16. The number of anilines is 2. The summed E-state index contributed by atoms with van der Waals surface area (Å²) in [4.78, 5) is 41.1. The lowest BCUT2D eigenvalue weighted by Crippen LogP contribution is -2.54. The Bertz CT molecular complexity index is 1200. The van der Waals surface area contributed by atoms with E-state index in [-0.39, 0.29) is 22.7 Å². The van der Waals surface area contributed by atoms with Gasteiger partial charge in [0, 0.05) is 29.9 Å². The van der Waals surface area contributed by atoms with Crippen molar-refractivity contribution in [2.45, 2.75) is 38.6 Å². The van der Waals surface area contributed by atoms with Gasteiger partial charge in [0.25, 0.3) is 11.8 Å². The van der Waals surface area contributed by atoms with Crippen LogP contribution in [0.15, 0.2) is 42.0 Å². The maximum Gasteiger partial charge on any atom is 0.335 e. The van der Waals surface area contributed by atoms with Crippen molar-refractivity contribution in [2.24, 2.45) is 0 Å². The number of nitrogens with one attached hydrogen (secondary N) is 1.